The van der Waals surface area contributed by atoms with E-state index in [1.807, 2.05) is 18.7 Å². The van der Waals surface area contributed by atoms with Crippen LogP contribution in [0.15, 0.2) is 30.3 Å². The van der Waals surface area contributed by atoms with Gasteiger partial charge in [-0.25, -0.2) is 9.78 Å². The summed E-state index contributed by atoms with van der Waals surface area (Å²) in [6.07, 6.45) is 5.09. The quantitative estimate of drug-likeness (QED) is 0.453. The number of amides is 2. The first kappa shape index (κ1) is 24.0. The number of carbonyl (C=O) groups is 2. The predicted molar refractivity (Wildman–Crippen MR) is 143 cm³/mol. The first-order chi connectivity index (χ1) is 17.9. The zero-order chi connectivity index (χ0) is 25.8. The van der Waals surface area contributed by atoms with Gasteiger partial charge in [0, 0.05) is 6.54 Å². The Balaban J connectivity index is 1.31. The summed E-state index contributed by atoms with van der Waals surface area (Å²) >= 11 is 0. The molecule has 4 atom stereocenters. The molecule has 7 nitrogen and oxygen atoms in total. The van der Waals surface area contributed by atoms with E-state index in [-0.39, 0.29) is 17.9 Å². The molecule has 2 bridgehead atoms. The van der Waals surface area contributed by atoms with Gasteiger partial charge in [0.05, 0.1) is 24.2 Å². The van der Waals surface area contributed by atoms with Crippen LogP contribution in [-0.4, -0.2) is 46.6 Å². The summed E-state index contributed by atoms with van der Waals surface area (Å²) in [5, 5.41) is 2.72. The van der Waals surface area contributed by atoms with E-state index in [1.165, 1.54) is 43.1 Å². The van der Waals surface area contributed by atoms with Crippen LogP contribution < -0.4 is 5.32 Å². The minimum absolute atomic E-state index is 0.0578. The number of rotatable bonds is 5. The number of aromatic nitrogens is 2. The molecule has 194 valence electrons. The van der Waals surface area contributed by atoms with Crippen LogP contribution in [0.3, 0.4) is 0 Å². The Kier molecular flexibility index (Phi) is 5.97. The van der Waals surface area contributed by atoms with E-state index >= 15 is 0 Å². The van der Waals surface area contributed by atoms with Crippen molar-refractivity contribution in [3.05, 3.63) is 52.8 Å². The van der Waals surface area contributed by atoms with E-state index in [0.717, 1.165) is 35.6 Å². The molecule has 1 saturated heterocycles. The average molecular weight is 501 g/mol. The molecule has 1 aromatic heterocycles. The van der Waals surface area contributed by atoms with Crippen LogP contribution in [0.2, 0.25) is 0 Å². The fourth-order valence-electron chi connectivity index (χ4n) is 7.03. The Morgan fingerprint density at radius 3 is 2.65 bits per heavy atom. The predicted octanol–water partition coefficient (Wildman–Crippen LogP) is 5.95. The van der Waals surface area contributed by atoms with E-state index in [1.54, 1.807) is 11.1 Å². The van der Waals surface area contributed by atoms with Gasteiger partial charge in [-0.15, -0.1) is 0 Å². The number of fused-ring (bicyclic) bond motifs is 6. The van der Waals surface area contributed by atoms with Crippen molar-refractivity contribution in [2.24, 2.45) is 5.92 Å². The SMILES string of the molecule is COC(=O)N[C@H](C(=O)N1CCC[C@H]1c1nc2ccc(-c3ccc(C)c4c3C3CCC4C3)cc2[nH]1)C(C)C. The molecule has 2 N–H and O–H groups in total. The fraction of sp³-hybridized carbons (Fsp3) is 0.500. The van der Waals surface area contributed by atoms with Gasteiger partial charge in [0.15, 0.2) is 0 Å². The van der Waals surface area contributed by atoms with E-state index < -0.39 is 12.1 Å². The van der Waals surface area contributed by atoms with Crippen molar-refractivity contribution in [2.45, 2.75) is 76.8 Å². The van der Waals surface area contributed by atoms with Crippen molar-refractivity contribution in [1.82, 2.24) is 20.2 Å². The summed E-state index contributed by atoms with van der Waals surface area (Å²) in [6, 6.07) is 10.3. The number of aryl methyl sites for hydroxylation is 1. The number of likely N-dealkylation sites (tertiary alicyclic amines) is 1. The molecule has 0 radical (unpaired) electrons. The normalized spacial score (nSPS) is 23.1. The third-order valence-electron chi connectivity index (χ3n) is 8.81. The minimum atomic E-state index is -0.636. The van der Waals surface area contributed by atoms with Crippen molar-refractivity contribution < 1.29 is 14.3 Å². The molecule has 2 fully saturated rings. The molecule has 2 amide bonds. The highest BCUT2D eigenvalue weighted by atomic mass is 16.5. The maximum absolute atomic E-state index is 13.5. The first-order valence-corrected chi connectivity index (χ1v) is 13.6. The second-order valence-corrected chi connectivity index (χ2v) is 11.4. The van der Waals surface area contributed by atoms with Gasteiger partial charge in [0.1, 0.15) is 11.9 Å². The molecule has 3 aromatic rings. The molecule has 2 heterocycles. The highest BCUT2D eigenvalue weighted by Crippen LogP contribution is 2.56. The largest absolute Gasteiger partial charge is 0.453 e. The van der Waals surface area contributed by atoms with Crippen LogP contribution in [0.1, 0.15) is 86.3 Å². The summed E-state index contributed by atoms with van der Waals surface area (Å²) < 4.78 is 4.75. The van der Waals surface area contributed by atoms with E-state index in [9.17, 15) is 9.59 Å². The highest BCUT2D eigenvalue weighted by molar-refractivity contribution is 5.87. The molecule has 3 aliphatic rings. The smallest absolute Gasteiger partial charge is 0.407 e. The van der Waals surface area contributed by atoms with Crippen molar-refractivity contribution in [3.63, 3.8) is 0 Å². The third-order valence-corrected chi connectivity index (χ3v) is 8.81. The molecular weight excluding hydrogens is 464 g/mol. The molecule has 2 aromatic carbocycles. The van der Waals surface area contributed by atoms with Gasteiger partial charge in [0.25, 0.3) is 0 Å². The lowest BCUT2D eigenvalue weighted by Gasteiger charge is -2.29. The molecule has 1 aliphatic heterocycles. The number of hydrogen-bond acceptors (Lipinski definition) is 4. The van der Waals surface area contributed by atoms with Crippen molar-refractivity contribution in [3.8, 4) is 11.1 Å². The molecular formula is C30H36N4O3. The van der Waals surface area contributed by atoms with Crippen LogP contribution in [-0.2, 0) is 9.53 Å². The van der Waals surface area contributed by atoms with Crippen LogP contribution in [0.4, 0.5) is 4.79 Å². The Hall–Kier alpha value is -3.35. The number of ether oxygens (including phenoxy) is 1. The number of aromatic amines is 1. The van der Waals surface area contributed by atoms with E-state index in [2.05, 4.69) is 47.6 Å². The van der Waals surface area contributed by atoms with Gasteiger partial charge in [-0.3, -0.25) is 4.79 Å². The van der Waals surface area contributed by atoms with Crippen LogP contribution in [0.25, 0.3) is 22.2 Å². The zero-order valence-corrected chi connectivity index (χ0v) is 22.1. The Morgan fingerprint density at radius 2 is 1.89 bits per heavy atom. The molecule has 0 spiro atoms. The second-order valence-electron chi connectivity index (χ2n) is 11.4. The van der Waals surface area contributed by atoms with Crippen LogP contribution in [0, 0.1) is 12.8 Å². The third kappa shape index (κ3) is 3.99. The zero-order valence-electron chi connectivity index (χ0n) is 22.1. The number of hydrogen-bond donors (Lipinski definition) is 2. The van der Waals surface area contributed by atoms with E-state index in [4.69, 9.17) is 9.72 Å². The second kappa shape index (κ2) is 9.19. The lowest BCUT2D eigenvalue weighted by molar-refractivity contribution is -0.135. The summed E-state index contributed by atoms with van der Waals surface area (Å²) in [4.78, 5) is 35.7. The molecule has 2 aliphatic carbocycles. The Morgan fingerprint density at radius 1 is 1.11 bits per heavy atom. The number of carbonyl (C=O) groups excluding carboxylic acids is 2. The molecule has 37 heavy (non-hydrogen) atoms. The first-order valence-electron chi connectivity index (χ1n) is 13.6. The van der Waals surface area contributed by atoms with Gasteiger partial charge >= 0.3 is 6.09 Å². The molecule has 6 rings (SSSR count). The lowest BCUT2D eigenvalue weighted by atomic mass is 9.83. The van der Waals surface area contributed by atoms with Gasteiger partial charge in [-0.2, -0.15) is 0 Å². The van der Waals surface area contributed by atoms with Gasteiger partial charge < -0.3 is 19.9 Å². The summed E-state index contributed by atoms with van der Waals surface area (Å²) in [5.74, 6) is 2.09. The Labute approximate surface area is 218 Å². The number of methoxy groups -OCH3 is 1. The standard InChI is InChI=1S/C30H36N4O3/c1-16(2)27(33-30(36)37-4)29(35)34-13-5-6-24(34)28-31-22-12-10-18(15-23(22)32-28)21-11-7-17(3)25-19-8-9-20(14-19)26(21)25/h7,10-12,15-16,19-20,24,27H,5-6,8-9,13-14H2,1-4H3,(H,31,32)(H,33,36)/t19?,20?,24-,27-/m0/s1. The number of H-pyrrole nitrogens is 1. The van der Waals surface area contributed by atoms with Crippen molar-refractivity contribution >= 4 is 23.0 Å². The topological polar surface area (TPSA) is 87.3 Å². The Bertz CT molecular complexity index is 1380. The average Bonchev–Trinajstić information content (AvgIpc) is 3.69. The minimum Gasteiger partial charge on any atom is -0.453 e. The number of benzene rings is 2. The summed E-state index contributed by atoms with van der Waals surface area (Å²) in [6.45, 7) is 6.77. The monoisotopic (exact) mass is 500 g/mol. The summed E-state index contributed by atoms with van der Waals surface area (Å²) in [7, 11) is 1.31. The van der Waals surface area contributed by atoms with Crippen molar-refractivity contribution in [2.75, 3.05) is 13.7 Å². The summed E-state index contributed by atoms with van der Waals surface area (Å²) in [5.41, 5.74) is 9.10. The maximum Gasteiger partial charge on any atom is 0.407 e. The van der Waals surface area contributed by atoms with Gasteiger partial charge in [-0.05, 0) is 96.7 Å². The molecule has 1 saturated carbocycles. The maximum atomic E-state index is 13.5. The van der Waals surface area contributed by atoms with Gasteiger partial charge in [0.2, 0.25) is 5.91 Å². The van der Waals surface area contributed by atoms with Crippen molar-refractivity contribution in [1.29, 1.82) is 0 Å². The number of nitrogens with one attached hydrogen (secondary N) is 2. The molecule has 2 unspecified atom stereocenters. The highest BCUT2D eigenvalue weighted by Gasteiger charge is 2.40. The van der Waals surface area contributed by atoms with Crippen LogP contribution in [0.5, 0.6) is 0 Å². The van der Waals surface area contributed by atoms with Gasteiger partial charge in [-0.1, -0.05) is 32.0 Å². The number of alkyl carbamates (subject to hydrolysis) is 1. The lowest BCUT2D eigenvalue weighted by Crippen LogP contribution is -2.51. The van der Waals surface area contributed by atoms with E-state index in [0.29, 0.717) is 12.5 Å². The molecule has 7 heteroatoms. The fourth-order valence-corrected chi connectivity index (χ4v) is 7.03. The number of imidazole rings is 1. The number of nitrogens with zero attached hydrogens (tertiary/aromatic N) is 2. The van der Waals surface area contributed by atoms with Crippen LogP contribution >= 0.6 is 0 Å².